The first-order valence-electron chi connectivity index (χ1n) is 8.04. The van der Waals surface area contributed by atoms with Gasteiger partial charge in [0.15, 0.2) is 0 Å². The lowest BCUT2D eigenvalue weighted by molar-refractivity contribution is -0.384. The first kappa shape index (κ1) is 19.4. The summed E-state index contributed by atoms with van der Waals surface area (Å²) in [6, 6.07) is 3.03. The number of amides is 4. The van der Waals surface area contributed by atoms with Crippen LogP contribution in [-0.2, 0) is 0 Å². The van der Waals surface area contributed by atoms with Crippen molar-refractivity contribution in [3.05, 3.63) is 56.3 Å². The molecule has 2 N–H and O–H groups in total. The Bertz CT molecular complexity index is 964. The number of imide groups is 1. The summed E-state index contributed by atoms with van der Waals surface area (Å²) in [6.07, 6.45) is 3.27. The average Bonchev–Trinajstić information content (AvgIpc) is 2.91. The van der Waals surface area contributed by atoms with Gasteiger partial charge >= 0.3 is 6.03 Å². The third-order valence-corrected chi connectivity index (χ3v) is 4.26. The number of anilines is 1. The average molecular weight is 449 g/mol. The van der Waals surface area contributed by atoms with Crippen LogP contribution in [0.2, 0.25) is 0 Å². The fourth-order valence-corrected chi connectivity index (χ4v) is 2.76. The van der Waals surface area contributed by atoms with Crippen molar-refractivity contribution in [3.63, 3.8) is 0 Å². The van der Waals surface area contributed by atoms with Gasteiger partial charge in [0.2, 0.25) is 5.95 Å². The van der Waals surface area contributed by atoms with E-state index < -0.39 is 22.8 Å². The minimum Gasteiger partial charge on any atom is -0.338 e. The summed E-state index contributed by atoms with van der Waals surface area (Å²) in [5.74, 6) is -0.971. The van der Waals surface area contributed by atoms with Gasteiger partial charge in [-0.15, -0.1) is 0 Å². The molecule has 11 nitrogen and oxygen atoms in total. The van der Waals surface area contributed by atoms with E-state index in [9.17, 15) is 24.5 Å². The number of nitro benzene ring substituents is 1. The molecule has 0 saturated heterocycles. The number of nitrogens with zero attached hydrogens (tertiary/aromatic N) is 4. The highest BCUT2D eigenvalue weighted by atomic mass is 79.9. The summed E-state index contributed by atoms with van der Waals surface area (Å²) in [6.45, 7) is 0.255. The zero-order valence-corrected chi connectivity index (χ0v) is 15.8. The molecule has 0 aliphatic carbocycles. The van der Waals surface area contributed by atoms with E-state index in [0.717, 1.165) is 11.0 Å². The first-order valence-corrected chi connectivity index (χ1v) is 8.83. The number of carbonyl (C=O) groups is 3. The molecule has 0 fully saturated rings. The molecule has 12 heteroatoms. The van der Waals surface area contributed by atoms with Gasteiger partial charge in [0, 0.05) is 37.6 Å². The predicted molar refractivity (Wildman–Crippen MR) is 99.8 cm³/mol. The molecule has 0 radical (unpaired) electrons. The monoisotopic (exact) mass is 448 g/mol. The predicted octanol–water partition coefficient (Wildman–Crippen LogP) is 1.96. The quantitative estimate of drug-likeness (QED) is 0.297. The second-order valence-electron chi connectivity index (χ2n) is 5.71. The number of carbonyl (C=O) groups excluding carboxylic acids is 3. The molecule has 4 amide bonds. The van der Waals surface area contributed by atoms with Gasteiger partial charge in [-0.3, -0.25) is 29.9 Å². The van der Waals surface area contributed by atoms with Gasteiger partial charge in [0.05, 0.1) is 20.5 Å². The Hall–Kier alpha value is -3.41. The third-order valence-electron chi connectivity index (χ3n) is 3.85. The molecule has 0 spiro atoms. The molecule has 0 bridgehead atoms. The highest BCUT2D eigenvalue weighted by Gasteiger charge is 2.36. The van der Waals surface area contributed by atoms with Gasteiger partial charge in [-0.2, -0.15) is 0 Å². The number of rotatable bonds is 6. The number of benzene rings is 1. The number of hydrogen-bond acceptors (Lipinski definition) is 7. The van der Waals surface area contributed by atoms with E-state index in [-0.39, 0.29) is 35.9 Å². The van der Waals surface area contributed by atoms with E-state index >= 15 is 0 Å². The van der Waals surface area contributed by atoms with E-state index in [1.165, 1.54) is 24.5 Å². The number of non-ortho nitro benzene ring substituents is 1. The van der Waals surface area contributed by atoms with Gasteiger partial charge in [0.25, 0.3) is 17.5 Å². The van der Waals surface area contributed by atoms with Gasteiger partial charge in [-0.05, 0) is 28.4 Å². The summed E-state index contributed by atoms with van der Waals surface area (Å²) >= 11 is 3.18. The molecule has 0 atom stereocenters. The normalized spacial score (nSPS) is 12.7. The molecular weight excluding hydrogens is 436 g/mol. The zero-order chi connectivity index (χ0) is 20.3. The van der Waals surface area contributed by atoms with Crippen molar-refractivity contribution in [2.75, 3.05) is 18.4 Å². The van der Waals surface area contributed by atoms with Crippen LogP contribution in [-0.4, -0.2) is 50.7 Å². The Morgan fingerprint density at radius 1 is 1.18 bits per heavy atom. The maximum Gasteiger partial charge on any atom is 0.321 e. The van der Waals surface area contributed by atoms with Crippen LogP contribution >= 0.6 is 15.9 Å². The standard InChI is InChI=1S/C16H13BrN6O5/c17-9-7-19-15(20-8-9)21-16(26)18-4-1-5-22-13(24)11-3-2-10(23(27)28)6-12(11)14(22)25/h2-3,6-8H,1,4-5H2,(H2,18,19,20,21,26). The molecule has 28 heavy (non-hydrogen) atoms. The summed E-state index contributed by atoms with van der Waals surface area (Å²) in [7, 11) is 0. The van der Waals surface area contributed by atoms with E-state index in [2.05, 4.69) is 36.5 Å². The second-order valence-corrected chi connectivity index (χ2v) is 6.62. The molecule has 1 aliphatic heterocycles. The Kier molecular flexibility index (Phi) is 5.59. The van der Waals surface area contributed by atoms with Crippen LogP contribution in [0.1, 0.15) is 27.1 Å². The van der Waals surface area contributed by atoms with Crippen molar-refractivity contribution in [2.45, 2.75) is 6.42 Å². The van der Waals surface area contributed by atoms with Crippen LogP contribution in [0.25, 0.3) is 0 Å². The number of nitro groups is 1. The van der Waals surface area contributed by atoms with E-state index in [1.807, 2.05) is 0 Å². The Balaban J connectivity index is 1.50. The minimum atomic E-state index is -0.627. The second kappa shape index (κ2) is 8.08. The fraction of sp³-hybridized carbons (Fsp3) is 0.188. The molecule has 144 valence electrons. The molecule has 3 rings (SSSR count). The number of halogens is 1. The van der Waals surface area contributed by atoms with Crippen molar-refractivity contribution in [2.24, 2.45) is 0 Å². The molecule has 0 unspecified atom stereocenters. The van der Waals surface area contributed by atoms with Crippen LogP contribution in [0.15, 0.2) is 35.1 Å². The lowest BCUT2D eigenvalue weighted by atomic mass is 10.1. The number of nitrogens with one attached hydrogen (secondary N) is 2. The maximum atomic E-state index is 12.3. The molecular formula is C16H13BrN6O5. The Morgan fingerprint density at radius 2 is 1.86 bits per heavy atom. The smallest absolute Gasteiger partial charge is 0.321 e. The summed E-state index contributed by atoms with van der Waals surface area (Å²) in [5, 5.41) is 15.8. The van der Waals surface area contributed by atoms with Crippen LogP contribution in [0.3, 0.4) is 0 Å². The number of urea groups is 1. The van der Waals surface area contributed by atoms with E-state index in [1.54, 1.807) is 0 Å². The van der Waals surface area contributed by atoms with Crippen molar-refractivity contribution in [1.29, 1.82) is 0 Å². The molecule has 2 aromatic rings. The van der Waals surface area contributed by atoms with E-state index in [0.29, 0.717) is 10.9 Å². The van der Waals surface area contributed by atoms with Gasteiger partial charge in [-0.1, -0.05) is 0 Å². The molecule has 2 heterocycles. The van der Waals surface area contributed by atoms with Gasteiger partial charge in [-0.25, -0.2) is 14.8 Å². The van der Waals surface area contributed by atoms with Crippen LogP contribution < -0.4 is 10.6 Å². The first-order chi connectivity index (χ1) is 13.4. The molecule has 1 aromatic carbocycles. The van der Waals surface area contributed by atoms with Crippen LogP contribution in [0.4, 0.5) is 16.4 Å². The number of fused-ring (bicyclic) bond motifs is 1. The molecule has 0 saturated carbocycles. The number of hydrogen-bond donors (Lipinski definition) is 2. The maximum absolute atomic E-state index is 12.3. The summed E-state index contributed by atoms with van der Waals surface area (Å²) < 4.78 is 0.671. The topological polar surface area (TPSA) is 147 Å². The Labute approximate surface area is 166 Å². The molecule has 1 aromatic heterocycles. The van der Waals surface area contributed by atoms with Crippen LogP contribution in [0.5, 0.6) is 0 Å². The van der Waals surface area contributed by atoms with E-state index in [4.69, 9.17) is 0 Å². The Morgan fingerprint density at radius 3 is 2.54 bits per heavy atom. The van der Waals surface area contributed by atoms with Gasteiger partial charge < -0.3 is 5.32 Å². The van der Waals surface area contributed by atoms with Gasteiger partial charge in [0.1, 0.15) is 0 Å². The fourth-order valence-electron chi connectivity index (χ4n) is 2.56. The van der Waals surface area contributed by atoms with Crippen molar-refractivity contribution >= 4 is 45.4 Å². The summed E-state index contributed by atoms with van der Waals surface area (Å²) in [5.41, 5.74) is -0.110. The van der Waals surface area contributed by atoms with Crippen LogP contribution in [0, 0.1) is 10.1 Å². The lowest BCUT2D eigenvalue weighted by Gasteiger charge is -2.13. The minimum absolute atomic E-state index is 0.0114. The highest BCUT2D eigenvalue weighted by Crippen LogP contribution is 2.26. The number of aromatic nitrogens is 2. The summed E-state index contributed by atoms with van der Waals surface area (Å²) in [4.78, 5) is 55.4. The van der Waals surface area contributed by atoms with Crippen molar-refractivity contribution in [3.8, 4) is 0 Å². The highest BCUT2D eigenvalue weighted by molar-refractivity contribution is 9.10. The SMILES string of the molecule is O=C(NCCCN1C(=O)c2ccc([N+](=O)[O-])cc2C1=O)Nc1ncc(Br)cn1. The third kappa shape index (κ3) is 4.11. The van der Waals surface area contributed by atoms with Crippen molar-refractivity contribution < 1.29 is 19.3 Å². The van der Waals surface area contributed by atoms with Crippen molar-refractivity contribution in [1.82, 2.24) is 20.2 Å². The zero-order valence-electron chi connectivity index (χ0n) is 14.2. The molecule has 1 aliphatic rings. The largest absolute Gasteiger partial charge is 0.338 e. The lowest BCUT2D eigenvalue weighted by Crippen LogP contribution is -2.35.